The minimum absolute atomic E-state index is 0.170. The van der Waals surface area contributed by atoms with E-state index in [1.165, 1.54) is 7.11 Å². The SMILES string of the molecule is COc1cccc2c(=O)c(I)nn(CCNS(C)(=O)=O)c12. The largest absolute Gasteiger partial charge is 0.494 e. The van der Waals surface area contributed by atoms with Crippen molar-refractivity contribution in [1.29, 1.82) is 0 Å². The zero-order valence-corrected chi connectivity index (χ0v) is 14.4. The molecule has 0 bridgehead atoms. The molecule has 7 nitrogen and oxygen atoms in total. The molecule has 0 aliphatic heterocycles. The van der Waals surface area contributed by atoms with Crippen molar-refractivity contribution in [3.63, 3.8) is 0 Å². The van der Waals surface area contributed by atoms with Crippen molar-refractivity contribution in [2.24, 2.45) is 0 Å². The summed E-state index contributed by atoms with van der Waals surface area (Å²) in [4.78, 5) is 12.1. The molecular formula is C12H14IN3O4S. The molecule has 1 heterocycles. The van der Waals surface area contributed by atoms with Crippen molar-refractivity contribution in [3.05, 3.63) is 32.1 Å². The number of ether oxygens (including phenoxy) is 1. The van der Waals surface area contributed by atoms with Gasteiger partial charge in [-0.1, -0.05) is 6.07 Å². The summed E-state index contributed by atoms with van der Waals surface area (Å²) < 4.78 is 31.8. The van der Waals surface area contributed by atoms with Crippen LogP contribution in [-0.4, -0.2) is 38.1 Å². The van der Waals surface area contributed by atoms with E-state index in [-0.39, 0.29) is 12.0 Å². The first-order valence-electron chi connectivity index (χ1n) is 6.01. The smallest absolute Gasteiger partial charge is 0.221 e. The molecule has 0 amide bonds. The van der Waals surface area contributed by atoms with E-state index in [4.69, 9.17) is 4.74 Å². The minimum Gasteiger partial charge on any atom is -0.494 e. The van der Waals surface area contributed by atoms with Crippen LogP contribution in [0, 0.1) is 3.70 Å². The zero-order valence-electron chi connectivity index (χ0n) is 11.5. The Hall–Kier alpha value is -1.20. The van der Waals surface area contributed by atoms with Crippen molar-refractivity contribution in [3.8, 4) is 5.75 Å². The molecule has 0 saturated carbocycles. The third kappa shape index (κ3) is 3.71. The van der Waals surface area contributed by atoms with Crippen LogP contribution in [0.25, 0.3) is 10.9 Å². The molecule has 9 heteroatoms. The van der Waals surface area contributed by atoms with Gasteiger partial charge in [-0.2, -0.15) is 5.10 Å². The Morgan fingerprint density at radius 1 is 1.43 bits per heavy atom. The van der Waals surface area contributed by atoms with E-state index in [2.05, 4.69) is 9.82 Å². The zero-order chi connectivity index (χ0) is 15.6. The average molecular weight is 423 g/mol. The Morgan fingerprint density at radius 2 is 2.14 bits per heavy atom. The molecule has 1 N–H and O–H groups in total. The van der Waals surface area contributed by atoms with Gasteiger partial charge in [0.15, 0.2) is 3.70 Å². The van der Waals surface area contributed by atoms with Crippen LogP contribution in [0.5, 0.6) is 5.75 Å². The number of aromatic nitrogens is 2. The van der Waals surface area contributed by atoms with Gasteiger partial charge in [-0.25, -0.2) is 13.1 Å². The summed E-state index contributed by atoms with van der Waals surface area (Å²) in [7, 11) is -1.76. The molecule has 0 spiro atoms. The summed E-state index contributed by atoms with van der Waals surface area (Å²) in [5, 5.41) is 4.70. The molecule has 0 aliphatic carbocycles. The molecule has 0 radical (unpaired) electrons. The fourth-order valence-electron chi connectivity index (χ4n) is 1.95. The molecule has 0 unspecified atom stereocenters. The second-order valence-electron chi connectivity index (χ2n) is 4.37. The number of para-hydroxylation sites is 1. The molecule has 1 aromatic carbocycles. The maximum absolute atomic E-state index is 12.1. The van der Waals surface area contributed by atoms with Crippen LogP contribution in [-0.2, 0) is 16.6 Å². The van der Waals surface area contributed by atoms with E-state index in [1.54, 1.807) is 22.9 Å². The van der Waals surface area contributed by atoms with Gasteiger partial charge in [-0.3, -0.25) is 9.48 Å². The molecule has 0 saturated heterocycles. The van der Waals surface area contributed by atoms with E-state index < -0.39 is 10.0 Å². The van der Waals surface area contributed by atoms with Crippen LogP contribution in [0.3, 0.4) is 0 Å². The lowest BCUT2D eigenvalue weighted by Gasteiger charge is -2.13. The molecule has 2 rings (SSSR count). The highest BCUT2D eigenvalue weighted by atomic mass is 127. The second-order valence-corrected chi connectivity index (χ2v) is 7.22. The molecular weight excluding hydrogens is 409 g/mol. The number of methoxy groups -OCH3 is 1. The van der Waals surface area contributed by atoms with E-state index >= 15 is 0 Å². The van der Waals surface area contributed by atoms with E-state index in [1.807, 2.05) is 22.6 Å². The summed E-state index contributed by atoms with van der Waals surface area (Å²) >= 11 is 1.87. The number of sulfonamides is 1. The fourth-order valence-corrected chi connectivity index (χ4v) is 2.96. The van der Waals surface area contributed by atoms with Crippen molar-refractivity contribution >= 4 is 43.5 Å². The Morgan fingerprint density at radius 3 is 2.76 bits per heavy atom. The number of hydrogen-bond acceptors (Lipinski definition) is 5. The number of hydrogen-bond donors (Lipinski definition) is 1. The predicted molar refractivity (Wildman–Crippen MR) is 88.1 cm³/mol. The van der Waals surface area contributed by atoms with Crippen LogP contribution >= 0.6 is 22.6 Å². The highest BCUT2D eigenvalue weighted by molar-refractivity contribution is 14.1. The van der Waals surface area contributed by atoms with Crippen LogP contribution in [0.4, 0.5) is 0 Å². The molecule has 2 aromatic rings. The molecule has 1 aromatic heterocycles. The Balaban J connectivity index is 2.52. The van der Waals surface area contributed by atoms with Crippen LogP contribution < -0.4 is 14.9 Å². The highest BCUT2D eigenvalue weighted by Crippen LogP contribution is 2.22. The second kappa shape index (κ2) is 6.28. The lowest BCUT2D eigenvalue weighted by molar-refractivity contribution is 0.415. The average Bonchev–Trinajstić information content (AvgIpc) is 2.42. The van der Waals surface area contributed by atoms with Gasteiger partial charge in [-0.15, -0.1) is 0 Å². The summed E-state index contributed by atoms with van der Waals surface area (Å²) in [6.45, 7) is 0.470. The fraction of sp³-hybridized carbons (Fsp3) is 0.333. The molecule has 21 heavy (non-hydrogen) atoms. The maximum atomic E-state index is 12.1. The molecule has 0 fully saturated rings. The normalized spacial score (nSPS) is 11.8. The summed E-state index contributed by atoms with van der Waals surface area (Å²) in [5.74, 6) is 0.521. The number of nitrogens with zero attached hydrogens (tertiary/aromatic N) is 2. The van der Waals surface area contributed by atoms with Gasteiger partial charge in [0, 0.05) is 6.54 Å². The first kappa shape index (κ1) is 16.2. The highest BCUT2D eigenvalue weighted by Gasteiger charge is 2.13. The van der Waals surface area contributed by atoms with Crippen molar-refractivity contribution < 1.29 is 13.2 Å². The number of rotatable bonds is 5. The number of halogens is 1. The summed E-state index contributed by atoms with van der Waals surface area (Å²) in [6, 6.07) is 5.17. The Labute approximate surface area is 135 Å². The predicted octanol–water partition coefficient (Wildman–Crippen LogP) is 0.559. The van der Waals surface area contributed by atoms with Gasteiger partial charge in [-0.05, 0) is 34.7 Å². The first-order chi connectivity index (χ1) is 9.83. The van der Waals surface area contributed by atoms with Gasteiger partial charge in [0.25, 0.3) is 0 Å². The van der Waals surface area contributed by atoms with Gasteiger partial charge >= 0.3 is 0 Å². The third-order valence-electron chi connectivity index (χ3n) is 2.81. The standard InChI is InChI=1S/C12H14IN3O4S/c1-20-9-5-3-4-8-10(9)16(15-12(13)11(8)17)7-6-14-21(2,18)19/h3-5,14H,6-7H2,1-2H3. The maximum Gasteiger partial charge on any atom is 0.221 e. The monoisotopic (exact) mass is 423 g/mol. The van der Waals surface area contributed by atoms with E-state index in [0.29, 0.717) is 26.9 Å². The van der Waals surface area contributed by atoms with Crippen LogP contribution in [0.15, 0.2) is 23.0 Å². The van der Waals surface area contributed by atoms with Crippen LogP contribution in [0.1, 0.15) is 0 Å². The summed E-state index contributed by atoms with van der Waals surface area (Å²) in [6.07, 6.45) is 1.09. The lowest BCUT2D eigenvalue weighted by atomic mass is 10.2. The first-order valence-corrected chi connectivity index (χ1v) is 8.98. The van der Waals surface area contributed by atoms with Crippen LogP contribution in [0.2, 0.25) is 0 Å². The Bertz CT molecular complexity index is 832. The number of benzene rings is 1. The third-order valence-corrected chi connectivity index (χ3v) is 4.24. The van der Waals surface area contributed by atoms with Gasteiger partial charge in [0.1, 0.15) is 11.3 Å². The number of fused-ring (bicyclic) bond motifs is 1. The van der Waals surface area contributed by atoms with E-state index in [9.17, 15) is 13.2 Å². The van der Waals surface area contributed by atoms with Crippen molar-refractivity contribution in [2.45, 2.75) is 6.54 Å². The van der Waals surface area contributed by atoms with Gasteiger partial charge < -0.3 is 4.74 Å². The lowest BCUT2D eigenvalue weighted by Crippen LogP contribution is -2.28. The van der Waals surface area contributed by atoms with Gasteiger partial charge in [0.2, 0.25) is 15.5 Å². The van der Waals surface area contributed by atoms with E-state index in [0.717, 1.165) is 6.26 Å². The topological polar surface area (TPSA) is 90.3 Å². The molecule has 114 valence electrons. The van der Waals surface area contributed by atoms with Crippen molar-refractivity contribution in [2.75, 3.05) is 19.9 Å². The minimum atomic E-state index is -3.27. The number of nitrogens with one attached hydrogen (secondary N) is 1. The summed E-state index contributed by atoms with van der Waals surface area (Å²) in [5.41, 5.74) is 0.387. The quantitative estimate of drug-likeness (QED) is 0.710. The van der Waals surface area contributed by atoms with Crippen molar-refractivity contribution in [1.82, 2.24) is 14.5 Å². The molecule has 0 atom stereocenters. The molecule has 0 aliphatic rings. The van der Waals surface area contributed by atoms with Gasteiger partial charge in [0.05, 0.1) is 25.3 Å². The Kier molecular flexibility index (Phi) is 4.84.